The first kappa shape index (κ1) is 15.1. The molecule has 0 spiro atoms. The van der Waals surface area contributed by atoms with E-state index in [1.807, 2.05) is 31.0 Å². The molecule has 0 bridgehead atoms. The minimum absolute atomic E-state index is 0.000767. The molecule has 2 aromatic heterocycles. The standard InChI is InChI=1S/C14H20N6O/c1-12(7-20-11-16-10-17-20)18-14(21)9-19(2)8-13-3-5-15-6-4-13/h3-6,10-12H,7-9H2,1-2H3,(H,18,21). The first-order valence-electron chi connectivity index (χ1n) is 6.82. The van der Waals surface area contributed by atoms with Crippen LogP contribution in [0.2, 0.25) is 0 Å². The summed E-state index contributed by atoms with van der Waals surface area (Å²) in [4.78, 5) is 21.8. The second-order valence-corrected chi connectivity index (χ2v) is 5.11. The zero-order valence-electron chi connectivity index (χ0n) is 12.3. The number of rotatable bonds is 7. The predicted octanol–water partition coefficient (Wildman–Crippen LogP) is 0.310. The largest absolute Gasteiger partial charge is 0.351 e. The summed E-state index contributed by atoms with van der Waals surface area (Å²) in [5.41, 5.74) is 1.14. The Bertz CT molecular complexity index is 542. The Labute approximate surface area is 124 Å². The van der Waals surface area contributed by atoms with Crippen molar-refractivity contribution in [2.75, 3.05) is 13.6 Å². The third kappa shape index (κ3) is 5.31. The molecule has 1 N–H and O–H groups in total. The Morgan fingerprint density at radius 2 is 2.14 bits per heavy atom. The van der Waals surface area contributed by atoms with E-state index in [2.05, 4.69) is 20.4 Å². The van der Waals surface area contributed by atoms with Gasteiger partial charge in [-0.25, -0.2) is 4.98 Å². The zero-order chi connectivity index (χ0) is 15.1. The van der Waals surface area contributed by atoms with Crippen LogP contribution >= 0.6 is 0 Å². The summed E-state index contributed by atoms with van der Waals surface area (Å²) in [6.07, 6.45) is 6.63. The number of amides is 1. The zero-order valence-corrected chi connectivity index (χ0v) is 12.3. The van der Waals surface area contributed by atoms with E-state index in [9.17, 15) is 4.79 Å². The Morgan fingerprint density at radius 3 is 2.81 bits per heavy atom. The van der Waals surface area contributed by atoms with Crippen LogP contribution in [0.25, 0.3) is 0 Å². The lowest BCUT2D eigenvalue weighted by atomic mass is 10.2. The van der Waals surface area contributed by atoms with Crippen LogP contribution in [0.15, 0.2) is 37.2 Å². The average molecular weight is 288 g/mol. The fraction of sp³-hybridized carbons (Fsp3) is 0.429. The minimum atomic E-state index is -0.000767. The molecule has 0 fully saturated rings. The van der Waals surface area contributed by atoms with Crippen molar-refractivity contribution in [2.24, 2.45) is 0 Å². The van der Waals surface area contributed by atoms with Crippen molar-refractivity contribution in [1.82, 2.24) is 30.0 Å². The highest BCUT2D eigenvalue weighted by Gasteiger charge is 2.11. The van der Waals surface area contributed by atoms with E-state index in [4.69, 9.17) is 0 Å². The normalized spacial score (nSPS) is 12.3. The van der Waals surface area contributed by atoms with Gasteiger partial charge in [0.1, 0.15) is 12.7 Å². The van der Waals surface area contributed by atoms with Crippen molar-refractivity contribution in [2.45, 2.75) is 26.1 Å². The van der Waals surface area contributed by atoms with Crippen LogP contribution < -0.4 is 5.32 Å². The fourth-order valence-corrected chi connectivity index (χ4v) is 2.07. The van der Waals surface area contributed by atoms with Gasteiger partial charge in [-0.3, -0.25) is 19.4 Å². The summed E-state index contributed by atoms with van der Waals surface area (Å²) in [6.45, 7) is 3.62. The predicted molar refractivity (Wildman–Crippen MR) is 78.2 cm³/mol. The van der Waals surface area contributed by atoms with Crippen molar-refractivity contribution in [3.63, 3.8) is 0 Å². The van der Waals surface area contributed by atoms with E-state index >= 15 is 0 Å². The molecule has 1 amide bonds. The van der Waals surface area contributed by atoms with Gasteiger partial charge in [0, 0.05) is 25.0 Å². The highest BCUT2D eigenvalue weighted by Crippen LogP contribution is 2.00. The molecule has 2 rings (SSSR count). The number of hydrogen-bond donors (Lipinski definition) is 1. The number of carbonyl (C=O) groups is 1. The lowest BCUT2D eigenvalue weighted by molar-refractivity contribution is -0.122. The van der Waals surface area contributed by atoms with Gasteiger partial charge in [-0.15, -0.1) is 0 Å². The SMILES string of the molecule is CC(Cn1cncn1)NC(=O)CN(C)Cc1ccncc1. The van der Waals surface area contributed by atoms with E-state index in [1.165, 1.54) is 6.33 Å². The summed E-state index contributed by atoms with van der Waals surface area (Å²) >= 11 is 0. The smallest absolute Gasteiger partial charge is 0.234 e. The van der Waals surface area contributed by atoms with E-state index < -0.39 is 0 Å². The van der Waals surface area contributed by atoms with E-state index in [-0.39, 0.29) is 11.9 Å². The molecule has 112 valence electrons. The van der Waals surface area contributed by atoms with Crippen LogP contribution in [0.4, 0.5) is 0 Å². The maximum atomic E-state index is 12.0. The maximum absolute atomic E-state index is 12.0. The van der Waals surface area contributed by atoms with Gasteiger partial charge in [-0.1, -0.05) is 0 Å². The van der Waals surface area contributed by atoms with Crippen LogP contribution in [0.3, 0.4) is 0 Å². The maximum Gasteiger partial charge on any atom is 0.234 e. The molecule has 0 radical (unpaired) electrons. The monoisotopic (exact) mass is 288 g/mol. The summed E-state index contributed by atoms with van der Waals surface area (Å²) in [6, 6.07) is 3.90. The van der Waals surface area contributed by atoms with Gasteiger partial charge in [-0.05, 0) is 31.7 Å². The Morgan fingerprint density at radius 1 is 1.38 bits per heavy atom. The van der Waals surface area contributed by atoms with E-state index in [0.29, 0.717) is 19.6 Å². The molecular weight excluding hydrogens is 268 g/mol. The molecule has 0 aliphatic rings. The second kappa shape index (κ2) is 7.49. The molecule has 21 heavy (non-hydrogen) atoms. The van der Waals surface area contributed by atoms with Gasteiger partial charge in [0.25, 0.3) is 0 Å². The first-order chi connectivity index (χ1) is 10.1. The van der Waals surface area contributed by atoms with Crippen LogP contribution in [-0.4, -0.2) is 50.2 Å². The molecule has 0 aromatic carbocycles. The van der Waals surface area contributed by atoms with Gasteiger partial charge < -0.3 is 5.32 Å². The fourth-order valence-electron chi connectivity index (χ4n) is 2.07. The van der Waals surface area contributed by atoms with Gasteiger partial charge >= 0.3 is 0 Å². The van der Waals surface area contributed by atoms with Crippen LogP contribution in [0.1, 0.15) is 12.5 Å². The van der Waals surface area contributed by atoms with Crippen LogP contribution in [0, 0.1) is 0 Å². The molecule has 0 aliphatic carbocycles. The topological polar surface area (TPSA) is 75.9 Å². The Kier molecular flexibility index (Phi) is 5.39. The van der Waals surface area contributed by atoms with Crippen molar-refractivity contribution in [3.8, 4) is 0 Å². The number of nitrogens with zero attached hydrogens (tertiary/aromatic N) is 5. The lowest BCUT2D eigenvalue weighted by Crippen LogP contribution is -2.41. The molecular formula is C14H20N6O. The lowest BCUT2D eigenvalue weighted by Gasteiger charge is -2.19. The molecule has 0 saturated heterocycles. The van der Waals surface area contributed by atoms with Gasteiger partial charge in [0.15, 0.2) is 0 Å². The number of carbonyl (C=O) groups excluding carboxylic acids is 1. The third-order valence-electron chi connectivity index (χ3n) is 2.95. The molecule has 2 heterocycles. The molecule has 2 aromatic rings. The summed E-state index contributed by atoms with van der Waals surface area (Å²) < 4.78 is 1.70. The highest BCUT2D eigenvalue weighted by molar-refractivity contribution is 5.78. The highest BCUT2D eigenvalue weighted by atomic mass is 16.2. The molecule has 7 heteroatoms. The van der Waals surface area contributed by atoms with Crippen LogP contribution in [-0.2, 0) is 17.9 Å². The second-order valence-electron chi connectivity index (χ2n) is 5.11. The molecule has 7 nitrogen and oxygen atoms in total. The Hall–Kier alpha value is -2.28. The van der Waals surface area contributed by atoms with E-state index in [0.717, 1.165) is 5.56 Å². The van der Waals surface area contributed by atoms with Gasteiger partial charge in [0.05, 0.1) is 13.1 Å². The molecule has 1 unspecified atom stereocenters. The number of pyridine rings is 1. The van der Waals surface area contributed by atoms with Gasteiger partial charge in [-0.2, -0.15) is 5.10 Å². The quantitative estimate of drug-likeness (QED) is 0.793. The minimum Gasteiger partial charge on any atom is -0.351 e. The Balaban J connectivity index is 1.73. The molecule has 1 atom stereocenters. The number of aromatic nitrogens is 4. The van der Waals surface area contributed by atoms with E-state index in [1.54, 1.807) is 23.4 Å². The van der Waals surface area contributed by atoms with Crippen LogP contribution in [0.5, 0.6) is 0 Å². The summed E-state index contributed by atoms with van der Waals surface area (Å²) in [5.74, 6) is -0.000767. The number of likely N-dealkylation sites (N-methyl/N-ethyl adjacent to an activating group) is 1. The van der Waals surface area contributed by atoms with Crippen molar-refractivity contribution in [3.05, 3.63) is 42.7 Å². The van der Waals surface area contributed by atoms with Crippen molar-refractivity contribution < 1.29 is 4.79 Å². The average Bonchev–Trinajstić information content (AvgIpc) is 2.91. The number of hydrogen-bond acceptors (Lipinski definition) is 5. The van der Waals surface area contributed by atoms with Crippen molar-refractivity contribution in [1.29, 1.82) is 0 Å². The molecule has 0 aliphatic heterocycles. The first-order valence-corrected chi connectivity index (χ1v) is 6.82. The molecule has 0 saturated carbocycles. The summed E-state index contributed by atoms with van der Waals surface area (Å²) in [7, 11) is 1.92. The van der Waals surface area contributed by atoms with Crippen molar-refractivity contribution >= 4 is 5.91 Å². The summed E-state index contributed by atoms with van der Waals surface area (Å²) in [5, 5.41) is 6.97. The van der Waals surface area contributed by atoms with Gasteiger partial charge in [0.2, 0.25) is 5.91 Å². The third-order valence-corrected chi connectivity index (χ3v) is 2.95. The number of nitrogens with one attached hydrogen (secondary N) is 1.